The van der Waals surface area contributed by atoms with E-state index in [0.29, 0.717) is 25.1 Å². The first-order chi connectivity index (χ1) is 15.0. The topological polar surface area (TPSA) is 63.6 Å². The van der Waals surface area contributed by atoms with Crippen LogP contribution >= 0.6 is 0 Å². The summed E-state index contributed by atoms with van der Waals surface area (Å²) in [5.74, 6) is 0.0607. The van der Waals surface area contributed by atoms with Gasteiger partial charge in [0.1, 0.15) is 6.04 Å². The molecule has 0 unspecified atom stereocenters. The lowest BCUT2D eigenvalue weighted by Crippen LogP contribution is -2.45. The van der Waals surface area contributed by atoms with Gasteiger partial charge in [0.25, 0.3) is 5.91 Å². The molecule has 1 aliphatic heterocycles. The quantitative estimate of drug-likeness (QED) is 0.592. The molecule has 2 heterocycles. The Morgan fingerprint density at radius 1 is 1.13 bits per heavy atom. The predicted octanol–water partition coefficient (Wildman–Crippen LogP) is 4.30. The first kappa shape index (κ1) is 21.1. The zero-order valence-corrected chi connectivity index (χ0v) is 18.3. The summed E-state index contributed by atoms with van der Waals surface area (Å²) in [5.41, 5.74) is 3.48. The van der Waals surface area contributed by atoms with Gasteiger partial charge in [0.15, 0.2) is 0 Å². The summed E-state index contributed by atoms with van der Waals surface area (Å²) in [5, 5.41) is 4.08. The van der Waals surface area contributed by atoms with Gasteiger partial charge in [-0.05, 0) is 42.2 Å². The first-order valence-electron chi connectivity index (χ1n) is 10.8. The Bertz CT molecular complexity index is 1100. The van der Waals surface area contributed by atoms with Crippen LogP contribution in [0.25, 0.3) is 10.9 Å². The molecule has 0 bridgehead atoms. The second-order valence-electron chi connectivity index (χ2n) is 8.47. The number of anilines is 1. The summed E-state index contributed by atoms with van der Waals surface area (Å²) in [7, 11) is 1.68. The molecule has 31 heavy (non-hydrogen) atoms. The summed E-state index contributed by atoms with van der Waals surface area (Å²) < 4.78 is 7.30. The number of aromatic nitrogens is 1. The van der Waals surface area contributed by atoms with Crippen molar-refractivity contribution in [2.75, 3.05) is 19.0 Å². The van der Waals surface area contributed by atoms with E-state index < -0.39 is 6.04 Å². The van der Waals surface area contributed by atoms with Gasteiger partial charge < -0.3 is 19.5 Å². The minimum absolute atomic E-state index is 0.0691. The lowest BCUT2D eigenvalue weighted by molar-refractivity contribution is -0.121. The van der Waals surface area contributed by atoms with Crippen LogP contribution in [0.5, 0.6) is 0 Å². The molecule has 2 amide bonds. The molecule has 1 aliphatic rings. The normalized spacial score (nSPS) is 14.3. The van der Waals surface area contributed by atoms with Crippen LogP contribution in [0.4, 0.5) is 5.69 Å². The van der Waals surface area contributed by atoms with Crippen LogP contribution in [0.15, 0.2) is 54.7 Å². The van der Waals surface area contributed by atoms with Crippen LogP contribution in [0.2, 0.25) is 0 Å². The van der Waals surface area contributed by atoms with Crippen molar-refractivity contribution in [3.8, 4) is 0 Å². The van der Waals surface area contributed by atoms with Crippen LogP contribution in [0.3, 0.4) is 0 Å². The van der Waals surface area contributed by atoms with Crippen molar-refractivity contribution in [1.82, 2.24) is 9.47 Å². The van der Waals surface area contributed by atoms with Crippen molar-refractivity contribution < 1.29 is 14.3 Å². The molecular formula is C25H29N3O3. The van der Waals surface area contributed by atoms with Crippen LogP contribution < -0.4 is 5.32 Å². The molecular weight excluding hydrogens is 390 g/mol. The van der Waals surface area contributed by atoms with Gasteiger partial charge in [0.05, 0.1) is 17.8 Å². The van der Waals surface area contributed by atoms with E-state index in [4.69, 9.17) is 4.74 Å². The number of hydrogen-bond donors (Lipinski definition) is 1. The van der Waals surface area contributed by atoms with Crippen molar-refractivity contribution >= 4 is 28.4 Å². The van der Waals surface area contributed by atoms with E-state index in [1.807, 2.05) is 54.7 Å². The molecule has 1 N–H and O–H groups in total. The van der Waals surface area contributed by atoms with Crippen LogP contribution in [-0.2, 0) is 22.6 Å². The van der Waals surface area contributed by atoms with E-state index in [2.05, 4.69) is 23.7 Å². The molecule has 6 nitrogen and oxygen atoms in total. The molecule has 3 aromatic rings. The largest absolute Gasteiger partial charge is 0.383 e. The number of carbonyl (C=O) groups excluding carboxylic acids is 2. The Morgan fingerprint density at radius 3 is 2.68 bits per heavy atom. The number of nitrogens with one attached hydrogen (secondary N) is 1. The molecule has 0 fully saturated rings. The van der Waals surface area contributed by atoms with Gasteiger partial charge in [-0.3, -0.25) is 9.59 Å². The molecule has 162 valence electrons. The first-order valence-corrected chi connectivity index (χ1v) is 10.8. The standard InChI is InChI=1S/C25H29N3O3/c1-17(2)15-23(28-16-18-7-4-5-8-19(18)25(28)30)24(29)26-21-9-6-10-22-20(21)11-12-27(22)13-14-31-3/h4-12,17,23H,13-16H2,1-3H3,(H,26,29)/t23-/m0/s1. The predicted molar refractivity (Wildman–Crippen MR) is 122 cm³/mol. The molecule has 6 heteroatoms. The van der Waals surface area contributed by atoms with Gasteiger partial charge in [0, 0.05) is 37.3 Å². The van der Waals surface area contributed by atoms with Crippen molar-refractivity contribution in [2.24, 2.45) is 5.92 Å². The zero-order valence-electron chi connectivity index (χ0n) is 18.3. The molecule has 0 saturated carbocycles. The molecule has 1 atom stereocenters. The Kier molecular flexibility index (Phi) is 6.09. The Labute approximate surface area is 182 Å². The van der Waals surface area contributed by atoms with Crippen LogP contribution in [0, 0.1) is 5.92 Å². The lowest BCUT2D eigenvalue weighted by atomic mass is 10.0. The number of benzene rings is 2. The van der Waals surface area contributed by atoms with E-state index >= 15 is 0 Å². The Morgan fingerprint density at radius 2 is 1.94 bits per heavy atom. The van der Waals surface area contributed by atoms with Crippen LogP contribution in [-0.4, -0.2) is 41.0 Å². The third-order valence-electron chi connectivity index (χ3n) is 5.83. The summed E-state index contributed by atoms with van der Waals surface area (Å²) in [6, 6.07) is 15.0. The molecule has 0 spiro atoms. The maximum Gasteiger partial charge on any atom is 0.255 e. The van der Waals surface area contributed by atoms with Gasteiger partial charge >= 0.3 is 0 Å². The fourth-order valence-electron chi connectivity index (χ4n) is 4.28. The summed E-state index contributed by atoms with van der Waals surface area (Å²) in [6.07, 6.45) is 2.61. The minimum Gasteiger partial charge on any atom is -0.383 e. The van der Waals surface area contributed by atoms with E-state index in [1.54, 1.807) is 12.0 Å². The van der Waals surface area contributed by atoms with Gasteiger partial charge in [-0.15, -0.1) is 0 Å². The van der Waals surface area contributed by atoms with Crippen molar-refractivity contribution in [3.05, 3.63) is 65.9 Å². The van der Waals surface area contributed by atoms with Gasteiger partial charge in [-0.2, -0.15) is 0 Å². The number of fused-ring (bicyclic) bond motifs is 2. The molecule has 1 aromatic heterocycles. The SMILES string of the molecule is COCCn1ccc2c(NC(=O)[C@H](CC(C)C)N3Cc4ccccc4C3=O)cccc21. The van der Waals surface area contributed by atoms with Gasteiger partial charge in [0.2, 0.25) is 5.91 Å². The molecule has 0 saturated heterocycles. The van der Waals surface area contributed by atoms with E-state index in [1.165, 1.54) is 0 Å². The Balaban J connectivity index is 1.59. The summed E-state index contributed by atoms with van der Waals surface area (Å²) in [4.78, 5) is 28.2. The zero-order chi connectivity index (χ0) is 22.0. The molecule has 0 aliphatic carbocycles. The monoisotopic (exact) mass is 419 g/mol. The summed E-state index contributed by atoms with van der Waals surface area (Å²) >= 11 is 0. The number of nitrogens with zero attached hydrogens (tertiary/aromatic N) is 2. The number of hydrogen-bond acceptors (Lipinski definition) is 3. The van der Waals surface area contributed by atoms with Crippen LogP contribution in [0.1, 0.15) is 36.2 Å². The van der Waals surface area contributed by atoms with Crippen molar-refractivity contribution in [3.63, 3.8) is 0 Å². The number of ether oxygens (including phenoxy) is 1. The number of amides is 2. The average Bonchev–Trinajstić information content (AvgIpc) is 3.32. The fourth-order valence-corrected chi connectivity index (χ4v) is 4.28. The van der Waals surface area contributed by atoms with Crippen molar-refractivity contribution in [2.45, 2.75) is 39.4 Å². The third kappa shape index (κ3) is 4.21. The molecule has 2 aromatic carbocycles. The lowest BCUT2D eigenvalue weighted by Gasteiger charge is -2.28. The van der Waals surface area contributed by atoms with Crippen molar-refractivity contribution in [1.29, 1.82) is 0 Å². The molecule has 0 radical (unpaired) electrons. The second-order valence-corrected chi connectivity index (χ2v) is 8.47. The smallest absolute Gasteiger partial charge is 0.255 e. The van der Waals surface area contributed by atoms with E-state index in [-0.39, 0.29) is 17.7 Å². The second kappa shape index (κ2) is 8.94. The number of rotatable bonds is 8. The van der Waals surface area contributed by atoms with Gasteiger partial charge in [-0.25, -0.2) is 0 Å². The minimum atomic E-state index is -0.522. The highest BCUT2D eigenvalue weighted by molar-refractivity contribution is 6.06. The highest BCUT2D eigenvalue weighted by Crippen LogP contribution is 2.29. The maximum absolute atomic E-state index is 13.4. The number of carbonyl (C=O) groups is 2. The average molecular weight is 420 g/mol. The number of methoxy groups -OCH3 is 1. The van der Waals surface area contributed by atoms with Gasteiger partial charge in [-0.1, -0.05) is 38.1 Å². The maximum atomic E-state index is 13.4. The van der Waals surface area contributed by atoms with E-state index in [0.717, 1.165) is 28.7 Å². The Hall–Kier alpha value is -3.12. The van der Waals surface area contributed by atoms with E-state index in [9.17, 15) is 9.59 Å². The summed E-state index contributed by atoms with van der Waals surface area (Å²) in [6.45, 7) is 5.98. The highest BCUT2D eigenvalue weighted by atomic mass is 16.5. The molecule has 4 rings (SSSR count). The fraction of sp³-hybridized carbons (Fsp3) is 0.360. The highest BCUT2D eigenvalue weighted by Gasteiger charge is 2.36. The third-order valence-corrected chi connectivity index (χ3v) is 5.83.